The molecule has 38 heavy (non-hydrogen) atoms. The Morgan fingerprint density at radius 3 is 1.92 bits per heavy atom. The van der Waals surface area contributed by atoms with Gasteiger partial charge in [0.15, 0.2) is 11.5 Å². The Bertz CT molecular complexity index is 2150. The number of hydrogen-bond donors (Lipinski definition) is 0. The average Bonchev–Trinajstić information content (AvgIpc) is 3.59. The molecule has 3 heterocycles. The molecule has 0 N–H and O–H groups in total. The largest absolute Gasteiger partial charge is 0.455 e. The molecule has 0 spiro atoms. The highest BCUT2D eigenvalue weighted by Gasteiger charge is 2.19. The third-order valence-electron chi connectivity index (χ3n) is 7.38. The normalized spacial score (nSPS) is 11.7. The summed E-state index contributed by atoms with van der Waals surface area (Å²) in [4.78, 5) is 0. The molecule has 3 aromatic heterocycles. The standard InChI is InChI=1S/C34H21N3O/c1-2-11-23-22(10-1)20-21-37-33(23)35-36-34(37)30-16-6-5-14-26(30)24-12-3-4-13-25(24)28-17-9-18-29-27-15-7-8-19-31(27)38-32(28)29/h1-21H. The van der Waals surface area contributed by atoms with Gasteiger partial charge in [0.2, 0.25) is 0 Å². The van der Waals surface area contributed by atoms with E-state index in [1.807, 2.05) is 24.3 Å². The summed E-state index contributed by atoms with van der Waals surface area (Å²) in [6, 6.07) is 42.0. The number of benzene rings is 5. The summed E-state index contributed by atoms with van der Waals surface area (Å²) in [5, 5.41) is 13.8. The lowest BCUT2D eigenvalue weighted by Gasteiger charge is -2.14. The number of hydrogen-bond acceptors (Lipinski definition) is 3. The first kappa shape index (κ1) is 20.9. The maximum absolute atomic E-state index is 6.40. The van der Waals surface area contributed by atoms with Crippen molar-refractivity contribution in [2.75, 3.05) is 0 Å². The Morgan fingerprint density at radius 1 is 0.474 bits per heavy atom. The molecule has 0 atom stereocenters. The minimum atomic E-state index is 0.818. The first-order valence-electron chi connectivity index (χ1n) is 12.7. The molecule has 8 aromatic rings. The zero-order valence-electron chi connectivity index (χ0n) is 20.4. The van der Waals surface area contributed by atoms with Gasteiger partial charge >= 0.3 is 0 Å². The van der Waals surface area contributed by atoms with Crippen LogP contribution in [0.1, 0.15) is 0 Å². The third-order valence-corrected chi connectivity index (χ3v) is 7.38. The smallest absolute Gasteiger partial charge is 0.168 e. The Labute approximate surface area is 218 Å². The molecule has 5 aromatic carbocycles. The van der Waals surface area contributed by atoms with Gasteiger partial charge in [-0.15, -0.1) is 10.2 Å². The van der Waals surface area contributed by atoms with E-state index in [0.29, 0.717) is 0 Å². The van der Waals surface area contributed by atoms with Crippen LogP contribution in [0.25, 0.3) is 72.0 Å². The second-order valence-corrected chi connectivity index (χ2v) is 9.49. The Hall–Kier alpha value is -5.22. The minimum absolute atomic E-state index is 0.818. The van der Waals surface area contributed by atoms with Crippen LogP contribution in [-0.4, -0.2) is 14.6 Å². The van der Waals surface area contributed by atoms with Crippen molar-refractivity contribution in [3.8, 4) is 33.6 Å². The number of aromatic nitrogens is 3. The number of para-hydroxylation sites is 2. The topological polar surface area (TPSA) is 43.3 Å². The molecular weight excluding hydrogens is 466 g/mol. The summed E-state index contributed by atoms with van der Waals surface area (Å²) in [5.74, 6) is 0.818. The summed E-state index contributed by atoms with van der Waals surface area (Å²) in [5.41, 5.74) is 8.08. The van der Waals surface area contributed by atoms with Crippen molar-refractivity contribution in [3.05, 3.63) is 128 Å². The van der Waals surface area contributed by atoms with E-state index in [2.05, 4.69) is 118 Å². The maximum atomic E-state index is 6.40. The molecule has 0 unspecified atom stereocenters. The molecule has 4 heteroatoms. The molecule has 8 rings (SSSR count). The van der Waals surface area contributed by atoms with E-state index in [0.717, 1.165) is 72.0 Å². The van der Waals surface area contributed by atoms with Crippen LogP contribution in [0, 0.1) is 0 Å². The summed E-state index contributed by atoms with van der Waals surface area (Å²) in [6.45, 7) is 0. The predicted octanol–water partition coefficient (Wildman–Crippen LogP) is 8.78. The molecule has 4 nitrogen and oxygen atoms in total. The molecule has 0 fully saturated rings. The molecule has 0 amide bonds. The fourth-order valence-electron chi connectivity index (χ4n) is 5.63. The highest BCUT2D eigenvalue weighted by molar-refractivity contribution is 6.10. The van der Waals surface area contributed by atoms with E-state index in [4.69, 9.17) is 4.42 Å². The molecule has 178 valence electrons. The number of furan rings is 1. The highest BCUT2D eigenvalue weighted by atomic mass is 16.3. The Balaban J connectivity index is 1.37. The third kappa shape index (κ3) is 3.04. The summed E-state index contributed by atoms with van der Waals surface area (Å²) in [7, 11) is 0. The van der Waals surface area contributed by atoms with Crippen LogP contribution in [0.3, 0.4) is 0 Å². The van der Waals surface area contributed by atoms with E-state index in [1.165, 1.54) is 0 Å². The Morgan fingerprint density at radius 2 is 1.08 bits per heavy atom. The number of rotatable bonds is 3. The first-order chi connectivity index (χ1) is 18.9. The molecule has 0 aliphatic carbocycles. The molecule has 0 aliphatic heterocycles. The van der Waals surface area contributed by atoms with Gasteiger partial charge in [0, 0.05) is 33.5 Å². The van der Waals surface area contributed by atoms with Crippen molar-refractivity contribution in [3.63, 3.8) is 0 Å². The highest BCUT2D eigenvalue weighted by Crippen LogP contribution is 2.42. The van der Waals surface area contributed by atoms with Crippen LogP contribution in [0.2, 0.25) is 0 Å². The molecule has 0 radical (unpaired) electrons. The van der Waals surface area contributed by atoms with E-state index in [1.54, 1.807) is 0 Å². The van der Waals surface area contributed by atoms with Crippen LogP contribution in [0.15, 0.2) is 132 Å². The molecular formula is C34H21N3O. The lowest BCUT2D eigenvalue weighted by molar-refractivity contribution is 0.670. The van der Waals surface area contributed by atoms with Crippen molar-refractivity contribution < 1.29 is 4.42 Å². The zero-order valence-corrected chi connectivity index (χ0v) is 20.4. The maximum Gasteiger partial charge on any atom is 0.168 e. The second kappa shape index (κ2) is 8.15. The number of fused-ring (bicyclic) bond motifs is 6. The van der Waals surface area contributed by atoms with Gasteiger partial charge < -0.3 is 4.42 Å². The zero-order chi connectivity index (χ0) is 25.1. The van der Waals surface area contributed by atoms with Crippen molar-refractivity contribution in [2.24, 2.45) is 0 Å². The van der Waals surface area contributed by atoms with Gasteiger partial charge in [-0.05, 0) is 34.2 Å². The molecule has 0 saturated heterocycles. The van der Waals surface area contributed by atoms with Gasteiger partial charge in [0.05, 0.1) is 0 Å². The van der Waals surface area contributed by atoms with Crippen LogP contribution < -0.4 is 0 Å². The number of nitrogens with zero attached hydrogens (tertiary/aromatic N) is 3. The fourth-order valence-corrected chi connectivity index (χ4v) is 5.63. The fraction of sp³-hybridized carbons (Fsp3) is 0. The summed E-state index contributed by atoms with van der Waals surface area (Å²) in [6.07, 6.45) is 2.06. The monoisotopic (exact) mass is 487 g/mol. The van der Waals surface area contributed by atoms with E-state index < -0.39 is 0 Å². The van der Waals surface area contributed by atoms with Crippen LogP contribution >= 0.6 is 0 Å². The molecule has 0 aliphatic rings. The van der Waals surface area contributed by atoms with Gasteiger partial charge in [-0.3, -0.25) is 4.40 Å². The van der Waals surface area contributed by atoms with E-state index in [-0.39, 0.29) is 0 Å². The summed E-state index contributed by atoms with van der Waals surface area (Å²) < 4.78 is 8.49. The Kier molecular flexibility index (Phi) is 4.49. The van der Waals surface area contributed by atoms with Crippen molar-refractivity contribution >= 4 is 38.4 Å². The number of pyridine rings is 1. The van der Waals surface area contributed by atoms with Gasteiger partial charge in [-0.1, -0.05) is 109 Å². The van der Waals surface area contributed by atoms with Crippen molar-refractivity contribution in [1.82, 2.24) is 14.6 Å². The predicted molar refractivity (Wildman–Crippen MR) is 154 cm³/mol. The van der Waals surface area contributed by atoms with Crippen molar-refractivity contribution in [1.29, 1.82) is 0 Å². The molecule has 0 bridgehead atoms. The van der Waals surface area contributed by atoms with Gasteiger partial charge in [-0.25, -0.2) is 0 Å². The summed E-state index contributed by atoms with van der Waals surface area (Å²) >= 11 is 0. The van der Waals surface area contributed by atoms with Gasteiger partial charge in [0.1, 0.15) is 11.2 Å². The van der Waals surface area contributed by atoms with Crippen LogP contribution in [0.4, 0.5) is 0 Å². The van der Waals surface area contributed by atoms with E-state index >= 15 is 0 Å². The lowest BCUT2D eigenvalue weighted by Crippen LogP contribution is -1.94. The van der Waals surface area contributed by atoms with Gasteiger partial charge in [0.25, 0.3) is 0 Å². The SMILES string of the molecule is c1ccc(-c2cccc3c2oc2ccccc23)c(-c2ccccc2-c2nnc3c4ccccc4ccn23)c1. The van der Waals surface area contributed by atoms with E-state index in [9.17, 15) is 0 Å². The van der Waals surface area contributed by atoms with Gasteiger partial charge in [-0.2, -0.15) is 0 Å². The lowest BCUT2D eigenvalue weighted by atomic mass is 9.91. The van der Waals surface area contributed by atoms with Crippen molar-refractivity contribution in [2.45, 2.75) is 0 Å². The van der Waals surface area contributed by atoms with Crippen LogP contribution in [0.5, 0.6) is 0 Å². The second-order valence-electron chi connectivity index (χ2n) is 9.49. The first-order valence-corrected chi connectivity index (χ1v) is 12.7. The quantitative estimate of drug-likeness (QED) is 0.250. The van der Waals surface area contributed by atoms with Crippen LogP contribution in [-0.2, 0) is 0 Å². The minimum Gasteiger partial charge on any atom is -0.455 e. The average molecular weight is 488 g/mol. The molecule has 0 saturated carbocycles.